The molecule has 0 heterocycles. The number of hydrogen-bond acceptors (Lipinski definition) is 4. The van der Waals surface area contributed by atoms with Crippen molar-refractivity contribution in [2.45, 2.75) is 192 Å². The van der Waals surface area contributed by atoms with Gasteiger partial charge in [0.25, 0.3) is 0 Å². The first-order valence-corrected chi connectivity index (χ1v) is 23.4. The molecule has 8 rings (SSSR count). The van der Waals surface area contributed by atoms with Crippen molar-refractivity contribution in [1.29, 1.82) is 0 Å². The van der Waals surface area contributed by atoms with E-state index in [0.717, 1.165) is 95.9 Å². The van der Waals surface area contributed by atoms with Gasteiger partial charge >= 0.3 is 0 Å². The van der Waals surface area contributed by atoms with E-state index in [1.54, 1.807) is 0 Å². The van der Waals surface area contributed by atoms with Crippen LogP contribution in [0.1, 0.15) is 231 Å². The molecule has 0 amide bonds. The summed E-state index contributed by atoms with van der Waals surface area (Å²) in [7, 11) is 0. The van der Waals surface area contributed by atoms with Gasteiger partial charge in [-0.05, 0) is 194 Å². The molecule has 4 aromatic carbocycles. The summed E-state index contributed by atoms with van der Waals surface area (Å²) >= 11 is 0. The van der Waals surface area contributed by atoms with E-state index < -0.39 is 0 Å². The monoisotopic (exact) mass is 783 g/mol. The van der Waals surface area contributed by atoms with E-state index in [4.69, 9.17) is 0 Å². The SMILES string of the molecule is Cc1cc(O)c(C2CCCCC2)cc1C(c1cc(C2CCCCC2)c(O)cc1C)C(c1cc(C2CCCCC2)c(O)cc1C)c1cc(C2CCCCC2)c(O)cc1C. The topological polar surface area (TPSA) is 80.9 Å². The van der Waals surface area contributed by atoms with Crippen molar-refractivity contribution >= 4 is 0 Å². The zero-order valence-electron chi connectivity index (χ0n) is 36.0. The molecule has 4 N–H and O–H groups in total. The Hall–Kier alpha value is -3.92. The van der Waals surface area contributed by atoms with Gasteiger partial charge in [0, 0.05) is 11.8 Å². The molecule has 4 heteroatoms. The van der Waals surface area contributed by atoms with Gasteiger partial charge in [-0.25, -0.2) is 0 Å². The van der Waals surface area contributed by atoms with Crippen LogP contribution >= 0.6 is 0 Å². The smallest absolute Gasteiger partial charge is 0.119 e. The second-order valence-electron chi connectivity index (χ2n) is 19.4. The minimum Gasteiger partial charge on any atom is -0.508 e. The normalized spacial score (nSPS) is 19.3. The number of aromatic hydroxyl groups is 4. The number of phenolic OH excluding ortho intramolecular Hbond substituents is 4. The zero-order chi connectivity index (χ0) is 40.5. The van der Waals surface area contributed by atoms with Crippen molar-refractivity contribution in [3.63, 3.8) is 0 Å². The summed E-state index contributed by atoms with van der Waals surface area (Å²) in [4.78, 5) is 0. The summed E-state index contributed by atoms with van der Waals surface area (Å²) in [6.45, 7) is 8.71. The summed E-state index contributed by atoms with van der Waals surface area (Å²) in [5, 5.41) is 46.9. The van der Waals surface area contributed by atoms with Crippen LogP contribution in [0.4, 0.5) is 0 Å². The Morgan fingerprint density at radius 2 is 0.500 bits per heavy atom. The van der Waals surface area contributed by atoms with Crippen molar-refractivity contribution in [3.8, 4) is 23.0 Å². The molecular weight excluding hydrogens is 713 g/mol. The predicted octanol–water partition coefficient (Wildman–Crippen LogP) is 14.9. The zero-order valence-corrected chi connectivity index (χ0v) is 36.0. The average Bonchev–Trinajstić information content (AvgIpc) is 3.23. The van der Waals surface area contributed by atoms with E-state index in [-0.39, 0.29) is 11.8 Å². The molecular formula is C54H70O4. The van der Waals surface area contributed by atoms with E-state index >= 15 is 0 Å². The standard InChI is InChI=1S/C54H70O4/c1-33-25-49(55)45(37-17-9-5-10-18-37)29-41(33)53(42-30-46(50(56)26-34(42)2)38-19-11-6-12-20-38)54(43-31-47(51(57)27-35(43)3)39-21-13-7-14-22-39)44-32-48(52(58)28-36(44)4)40-23-15-8-16-24-40/h25-32,37-40,53-58H,5-24H2,1-4H3. The van der Waals surface area contributed by atoms with E-state index in [1.165, 1.54) is 99.3 Å². The molecule has 4 aliphatic rings. The molecule has 0 aliphatic heterocycles. The Kier molecular flexibility index (Phi) is 12.5. The lowest BCUT2D eigenvalue weighted by Crippen LogP contribution is -2.21. The van der Waals surface area contributed by atoms with Crippen LogP contribution in [0.25, 0.3) is 0 Å². The van der Waals surface area contributed by atoms with Gasteiger partial charge in [0.2, 0.25) is 0 Å². The third-order valence-electron chi connectivity index (χ3n) is 15.5. The predicted molar refractivity (Wildman–Crippen MR) is 238 cm³/mol. The molecule has 0 bridgehead atoms. The van der Waals surface area contributed by atoms with Crippen LogP contribution in [0.15, 0.2) is 48.5 Å². The van der Waals surface area contributed by atoms with E-state index in [0.29, 0.717) is 46.7 Å². The van der Waals surface area contributed by atoms with Crippen LogP contribution in [-0.4, -0.2) is 20.4 Å². The molecule has 0 saturated heterocycles. The molecule has 0 atom stereocenters. The molecule has 58 heavy (non-hydrogen) atoms. The second-order valence-corrected chi connectivity index (χ2v) is 19.4. The highest BCUT2D eigenvalue weighted by Crippen LogP contribution is 2.53. The highest BCUT2D eigenvalue weighted by atomic mass is 16.3. The fraction of sp³-hybridized carbons (Fsp3) is 0.556. The summed E-state index contributed by atoms with van der Waals surface area (Å²) in [6.07, 6.45) is 23.3. The lowest BCUT2D eigenvalue weighted by atomic mass is 9.67. The third kappa shape index (κ3) is 8.28. The molecule has 4 saturated carbocycles. The summed E-state index contributed by atoms with van der Waals surface area (Å²) in [5.41, 5.74) is 13.5. The Labute approximate surface area is 349 Å². The molecule has 0 unspecified atom stereocenters. The lowest BCUT2D eigenvalue weighted by Gasteiger charge is -2.36. The first-order valence-electron chi connectivity index (χ1n) is 23.4. The largest absolute Gasteiger partial charge is 0.508 e. The molecule has 4 aromatic rings. The summed E-state index contributed by atoms with van der Waals surface area (Å²) < 4.78 is 0. The van der Waals surface area contributed by atoms with Crippen LogP contribution in [0.3, 0.4) is 0 Å². The van der Waals surface area contributed by atoms with Gasteiger partial charge in [0.1, 0.15) is 23.0 Å². The van der Waals surface area contributed by atoms with Gasteiger partial charge in [-0.3, -0.25) is 0 Å². The fourth-order valence-electron chi connectivity index (χ4n) is 12.3. The number of aryl methyl sites for hydroxylation is 4. The quantitative estimate of drug-likeness (QED) is 0.136. The number of phenols is 4. The van der Waals surface area contributed by atoms with Crippen LogP contribution in [0, 0.1) is 27.7 Å². The van der Waals surface area contributed by atoms with Crippen molar-refractivity contribution < 1.29 is 20.4 Å². The van der Waals surface area contributed by atoms with Crippen LogP contribution in [0.5, 0.6) is 23.0 Å². The first-order chi connectivity index (χ1) is 28.1. The number of benzene rings is 4. The maximum atomic E-state index is 11.7. The minimum absolute atomic E-state index is 0.157. The molecule has 0 spiro atoms. The molecule has 4 fully saturated rings. The van der Waals surface area contributed by atoms with E-state index in [2.05, 4.69) is 52.0 Å². The first kappa shape index (κ1) is 40.8. The van der Waals surface area contributed by atoms with Gasteiger partial charge in [-0.15, -0.1) is 0 Å². The van der Waals surface area contributed by atoms with Gasteiger partial charge < -0.3 is 20.4 Å². The Morgan fingerprint density at radius 1 is 0.310 bits per heavy atom. The van der Waals surface area contributed by atoms with Gasteiger partial charge in [0.15, 0.2) is 0 Å². The lowest BCUT2D eigenvalue weighted by molar-refractivity contribution is 0.411. The van der Waals surface area contributed by atoms with Crippen molar-refractivity contribution in [1.82, 2.24) is 0 Å². The third-order valence-corrected chi connectivity index (χ3v) is 15.5. The van der Waals surface area contributed by atoms with E-state index in [1.807, 2.05) is 24.3 Å². The molecule has 0 radical (unpaired) electrons. The van der Waals surface area contributed by atoms with Crippen molar-refractivity contribution in [2.75, 3.05) is 0 Å². The van der Waals surface area contributed by atoms with Crippen molar-refractivity contribution in [2.24, 2.45) is 0 Å². The molecule has 310 valence electrons. The van der Waals surface area contributed by atoms with Crippen LogP contribution < -0.4 is 0 Å². The highest BCUT2D eigenvalue weighted by molar-refractivity contribution is 5.59. The average molecular weight is 783 g/mol. The second kappa shape index (κ2) is 17.7. The summed E-state index contributed by atoms with van der Waals surface area (Å²) in [6, 6.07) is 17.7. The molecule has 0 aromatic heterocycles. The Bertz CT molecular complexity index is 1770. The highest BCUT2D eigenvalue weighted by Gasteiger charge is 2.37. The fourth-order valence-corrected chi connectivity index (χ4v) is 12.3. The Morgan fingerprint density at radius 3 is 0.690 bits per heavy atom. The summed E-state index contributed by atoms with van der Waals surface area (Å²) in [5.74, 6) is 2.64. The van der Waals surface area contributed by atoms with Crippen LogP contribution in [-0.2, 0) is 0 Å². The number of hydrogen-bond donors (Lipinski definition) is 4. The molecule has 4 nitrogen and oxygen atoms in total. The van der Waals surface area contributed by atoms with E-state index in [9.17, 15) is 20.4 Å². The van der Waals surface area contributed by atoms with Gasteiger partial charge in [-0.1, -0.05) is 101 Å². The van der Waals surface area contributed by atoms with Crippen LogP contribution in [0.2, 0.25) is 0 Å². The van der Waals surface area contributed by atoms with Gasteiger partial charge in [-0.2, -0.15) is 0 Å². The van der Waals surface area contributed by atoms with Gasteiger partial charge in [0.05, 0.1) is 0 Å². The minimum atomic E-state index is -0.157. The van der Waals surface area contributed by atoms with Crippen molar-refractivity contribution in [3.05, 3.63) is 115 Å². The number of rotatable bonds is 9. The maximum Gasteiger partial charge on any atom is 0.119 e. The maximum absolute atomic E-state index is 11.7. The Balaban J connectivity index is 1.43. The molecule has 4 aliphatic carbocycles.